The van der Waals surface area contributed by atoms with Crippen molar-refractivity contribution < 1.29 is 13.2 Å². The highest BCUT2D eigenvalue weighted by molar-refractivity contribution is 7.91. The van der Waals surface area contributed by atoms with Crippen molar-refractivity contribution in [3.8, 4) is 0 Å². The lowest BCUT2D eigenvalue weighted by Crippen LogP contribution is -2.22. The monoisotopic (exact) mass is 352 g/mol. The van der Waals surface area contributed by atoms with Gasteiger partial charge < -0.3 is 9.30 Å². The molecule has 7 heteroatoms. The summed E-state index contributed by atoms with van der Waals surface area (Å²) < 4.78 is 32.1. The van der Waals surface area contributed by atoms with Crippen LogP contribution in [-0.2, 0) is 27.7 Å². The van der Waals surface area contributed by atoms with Crippen molar-refractivity contribution in [2.75, 3.05) is 12.4 Å². The van der Waals surface area contributed by atoms with E-state index in [1.807, 2.05) is 22.9 Å². The Labute approximate surface area is 138 Å². The standard InChI is InChI=1S/C16H24N2O3SSi/c1-23(2,3)10-8-21-12-18-7-6-13-11-14-5-4-9-22(19,20)16(14)17-15(13)18/h6-7,11H,4-5,8-10,12H2,1-3H3. The number of aromatic nitrogens is 2. The second kappa shape index (κ2) is 6.03. The SMILES string of the molecule is C[Si](C)(C)CCOCn1ccc2cc3c(nc21)S(=O)(=O)CCC3. The first kappa shape index (κ1) is 16.7. The van der Waals surface area contributed by atoms with Crippen LogP contribution in [0.2, 0.25) is 25.7 Å². The summed E-state index contributed by atoms with van der Waals surface area (Å²) >= 11 is 0. The van der Waals surface area contributed by atoms with E-state index >= 15 is 0 Å². The minimum atomic E-state index is -3.23. The maximum atomic E-state index is 12.2. The van der Waals surface area contributed by atoms with E-state index in [-0.39, 0.29) is 10.8 Å². The van der Waals surface area contributed by atoms with Gasteiger partial charge in [0.15, 0.2) is 14.9 Å². The van der Waals surface area contributed by atoms with E-state index in [1.165, 1.54) is 0 Å². The van der Waals surface area contributed by atoms with Gasteiger partial charge in [0.25, 0.3) is 0 Å². The third-order valence-corrected chi connectivity index (χ3v) is 7.63. The lowest BCUT2D eigenvalue weighted by molar-refractivity contribution is 0.0898. The number of nitrogens with zero attached hydrogens (tertiary/aromatic N) is 2. The zero-order valence-electron chi connectivity index (χ0n) is 14.0. The van der Waals surface area contributed by atoms with Crippen LogP contribution in [0.25, 0.3) is 11.0 Å². The smallest absolute Gasteiger partial charge is 0.195 e. The van der Waals surface area contributed by atoms with Gasteiger partial charge in [0.1, 0.15) is 12.4 Å². The molecule has 0 radical (unpaired) electrons. The van der Waals surface area contributed by atoms with E-state index < -0.39 is 17.9 Å². The van der Waals surface area contributed by atoms with Crippen LogP contribution in [0.1, 0.15) is 12.0 Å². The van der Waals surface area contributed by atoms with Gasteiger partial charge in [-0.1, -0.05) is 19.6 Å². The molecular formula is C16H24N2O3SSi. The number of hydrogen-bond acceptors (Lipinski definition) is 4. The lowest BCUT2D eigenvalue weighted by Gasteiger charge is -2.17. The zero-order valence-corrected chi connectivity index (χ0v) is 15.8. The Morgan fingerprint density at radius 2 is 2.13 bits per heavy atom. The molecule has 0 saturated heterocycles. The first-order valence-corrected chi connectivity index (χ1v) is 13.4. The summed E-state index contributed by atoms with van der Waals surface area (Å²) in [4.78, 5) is 4.46. The van der Waals surface area contributed by atoms with Crippen LogP contribution in [-0.4, -0.2) is 38.4 Å². The average molecular weight is 353 g/mol. The van der Waals surface area contributed by atoms with E-state index in [0.29, 0.717) is 18.8 Å². The van der Waals surface area contributed by atoms with Gasteiger partial charge in [-0.05, 0) is 36.6 Å². The van der Waals surface area contributed by atoms with Crippen LogP contribution >= 0.6 is 0 Å². The lowest BCUT2D eigenvalue weighted by atomic mass is 10.1. The van der Waals surface area contributed by atoms with Gasteiger partial charge >= 0.3 is 0 Å². The first-order chi connectivity index (χ1) is 10.8. The molecule has 0 amide bonds. The fourth-order valence-corrected chi connectivity index (χ4v) is 5.04. The molecule has 1 aliphatic heterocycles. The number of pyridine rings is 1. The van der Waals surface area contributed by atoms with Crippen molar-refractivity contribution in [1.82, 2.24) is 9.55 Å². The van der Waals surface area contributed by atoms with Crippen molar-refractivity contribution in [3.63, 3.8) is 0 Å². The maximum absolute atomic E-state index is 12.2. The molecule has 0 aromatic carbocycles. The fourth-order valence-electron chi connectivity index (χ4n) is 2.78. The predicted molar refractivity (Wildman–Crippen MR) is 94.2 cm³/mol. The van der Waals surface area contributed by atoms with E-state index in [9.17, 15) is 8.42 Å². The van der Waals surface area contributed by atoms with Crippen molar-refractivity contribution in [2.45, 2.75) is 50.3 Å². The van der Waals surface area contributed by atoms with Crippen molar-refractivity contribution >= 4 is 28.9 Å². The molecule has 126 valence electrons. The second-order valence-electron chi connectivity index (χ2n) is 7.42. The van der Waals surface area contributed by atoms with Gasteiger partial charge in [-0.2, -0.15) is 0 Å². The largest absolute Gasteiger partial charge is 0.361 e. The third-order valence-electron chi connectivity index (χ3n) is 4.16. The Hall–Kier alpha value is -1.18. The highest BCUT2D eigenvalue weighted by Crippen LogP contribution is 2.27. The Kier molecular flexibility index (Phi) is 4.37. The summed E-state index contributed by atoms with van der Waals surface area (Å²) in [5.74, 6) is 0.200. The molecule has 0 bridgehead atoms. The Morgan fingerprint density at radius 1 is 1.35 bits per heavy atom. The van der Waals surface area contributed by atoms with Crippen LogP contribution in [0, 0.1) is 0 Å². The van der Waals surface area contributed by atoms with Gasteiger partial charge in [-0.15, -0.1) is 0 Å². The molecule has 5 nitrogen and oxygen atoms in total. The van der Waals surface area contributed by atoms with Crippen molar-refractivity contribution in [2.24, 2.45) is 0 Å². The number of ether oxygens (including phenoxy) is 1. The molecule has 0 aliphatic carbocycles. The summed E-state index contributed by atoms with van der Waals surface area (Å²) in [7, 11) is -4.33. The van der Waals surface area contributed by atoms with Gasteiger partial charge in [0.05, 0.1) is 5.75 Å². The van der Waals surface area contributed by atoms with E-state index in [4.69, 9.17) is 4.74 Å². The molecule has 0 atom stereocenters. The molecule has 0 saturated carbocycles. The number of sulfone groups is 1. The van der Waals surface area contributed by atoms with Gasteiger partial charge in [0.2, 0.25) is 0 Å². The highest BCUT2D eigenvalue weighted by atomic mass is 32.2. The molecular weight excluding hydrogens is 328 g/mol. The predicted octanol–water partition coefficient (Wildman–Crippen LogP) is 3.07. The molecule has 0 N–H and O–H groups in total. The van der Waals surface area contributed by atoms with Crippen LogP contribution in [0.15, 0.2) is 23.4 Å². The first-order valence-electron chi connectivity index (χ1n) is 8.06. The summed E-state index contributed by atoms with van der Waals surface area (Å²) in [6.45, 7) is 8.11. The maximum Gasteiger partial charge on any atom is 0.195 e. The molecule has 1 aliphatic rings. The minimum Gasteiger partial charge on any atom is -0.361 e. The molecule has 23 heavy (non-hydrogen) atoms. The van der Waals surface area contributed by atoms with Crippen molar-refractivity contribution in [3.05, 3.63) is 23.9 Å². The normalized spacial score (nSPS) is 17.3. The summed E-state index contributed by atoms with van der Waals surface area (Å²) in [6.07, 6.45) is 3.39. The van der Waals surface area contributed by atoms with Crippen LogP contribution < -0.4 is 0 Å². The Morgan fingerprint density at radius 3 is 2.87 bits per heavy atom. The molecule has 2 aromatic heterocycles. The fraction of sp³-hybridized carbons (Fsp3) is 0.562. The van der Waals surface area contributed by atoms with E-state index in [1.54, 1.807) is 0 Å². The molecule has 2 aromatic rings. The van der Waals surface area contributed by atoms with E-state index in [2.05, 4.69) is 24.6 Å². The third kappa shape index (κ3) is 3.67. The minimum absolute atomic E-state index is 0.200. The van der Waals surface area contributed by atoms with Gasteiger partial charge in [-0.25, -0.2) is 13.4 Å². The van der Waals surface area contributed by atoms with Crippen LogP contribution in [0.3, 0.4) is 0 Å². The van der Waals surface area contributed by atoms with Crippen molar-refractivity contribution in [1.29, 1.82) is 0 Å². The van der Waals surface area contributed by atoms with E-state index in [0.717, 1.165) is 30.0 Å². The average Bonchev–Trinajstić information content (AvgIpc) is 2.83. The highest BCUT2D eigenvalue weighted by Gasteiger charge is 2.26. The van der Waals surface area contributed by atoms with Crippen LogP contribution in [0.4, 0.5) is 0 Å². The Balaban J connectivity index is 1.83. The number of hydrogen-bond donors (Lipinski definition) is 0. The van der Waals surface area contributed by atoms with Gasteiger partial charge in [-0.3, -0.25) is 0 Å². The second-order valence-corrected chi connectivity index (χ2v) is 15.1. The quantitative estimate of drug-likeness (QED) is 0.613. The molecule has 0 fully saturated rings. The Bertz CT molecular complexity index is 822. The molecule has 0 unspecified atom stereocenters. The number of fused-ring (bicyclic) bond motifs is 2. The van der Waals surface area contributed by atoms with Crippen LogP contribution in [0.5, 0.6) is 0 Å². The summed E-state index contributed by atoms with van der Waals surface area (Å²) in [6, 6.07) is 5.06. The zero-order chi connectivity index (χ0) is 16.7. The number of rotatable bonds is 5. The molecule has 3 heterocycles. The topological polar surface area (TPSA) is 61.2 Å². The number of aryl methyl sites for hydroxylation is 1. The summed E-state index contributed by atoms with van der Waals surface area (Å²) in [5, 5.41) is 1.24. The van der Waals surface area contributed by atoms with Gasteiger partial charge in [0, 0.05) is 26.3 Å². The summed E-state index contributed by atoms with van der Waals surface area (Å²) in [5.41, 5.74) is 1.54. The molecule has 0 spiro atoms. The molecule has 3 rings (SSSR count).